The molecule has 1 fully saturated rings. The Hall–Kier alpha value is -1.55. The van der Waals surface area contributed by atoms with E-state index in [2.05, 4.69) is 0 Å². The second-order valence-corrected chi connectivity index (χ2v) is 5.46. The predicted molar refractivity (Wildman–Crippen MR) is 78.0 cm³/mol. The van der Waals surface area contributed by atoms with Gasteiger partial charge in [-0.25, -0.2) is 0 Å². The molecule has 2 rings (SSSR count). The van der Waals surface area contributed by atoms with E-state index in [-0.39, 0.29) is 6.42 Å². The van der Waals surface area contributed by atoms with Crippen molar-refractivity contribution in [3.8, 4) is 0 Å². The van der Waals surface area contributed by atoms with E-state index < -0.39 is 49.3 Å². The minimum absolute atomic E-state index is 0.289. The second-order valence-electron chi connectivity index (χ2n) is 5.46. The van der Waals surface area contributed by atoms with Gasteiger partial charge in [0, 0.05) is 0 Å². The van der Waals surface area contributed by atoms with E-state index in [1.807, 2.05) is 30.3 Å². The van der Waals surface area contributed by atoms with Crippen molar-refractivity contribution in [2.75, 3.05) is 6.61 Å². The number of aliphatic hydroxyl groups is 4. The van der Waals surface area contributed by atoms with E-state index in [0.717, 1.165) is 5.56 Å². The number of hydrogen-bond acceptors (Lipinski definition) is 8. The summed E-state index contributed by atoms with van der Waals surface area (Å²) in [6.07, 6.45) is -7.26. The SMILES string of the molecule is N[C@H](Cc1ccccc1)C(=O)OC[C@H]1O[C@H](O)[C@H](O)[C@@H](O)[C@H]1O. The van der Waals surface area contributed by atoms with Crippen molar-refractivity contribution in [1.82, 2.24) is 0 Å². The maximum atomic E-state index is 11.9. The first-order chi connectivity index (χ1) is 10.9. The molecule has 0 bridgehead atoms. The van der Waals surface area contributed by atoms with E-state index in [4.69, 9.17) is 15.2 Å². The number of rotatable bonds is 5. The largest absolute Gasteiger partial charge is 0.462 e. The average molecular weight is 327 g/mol. The molecule has 0 amide bonds. The number of nitrogens with two attached hydrogens (primary N) is 1. The third kappa shape index (κ3) is 4.47. The van der Waals surface area contributed by atoms with Crippen molar-refractivity contribution < 1.29 is 34.7 Å². The van der Waals surface area contributed by atoms with Crippen LogP contribution < -0.4 is 5.73 Å². The number of aliphatic hydroxyl groups excluding tert-OH is 4. The summed E-state index contributed by atoms with van der Waals surface area (Å²) >= 11 is 0. The number of esters is 1. The molecule has 1 saturated heterocycles. The normalized spacial score (nSPS) is 32.3. The Labute approximate surface area is 133 Å². The minimum atomic E-state index is -1.67. The first-order valence-corrected chi connectivity index (χ1v) is 7.24. The van der Waals surface area contributed by atoms with Gasteiger partial charge in [0.2, 0.25) is 0 Å². The molecule has 0 aliphatic carbocycles. The average Bonchev–Trinajstić information content (AvgIpc) is 2.55. The Kier molecular flexibility index (Phi) is 6.05. The van der Waals surface area contributed by atoms with Crippen molar-refractivity contribution in [3.05, 3.63) is 35.9 Å². The molecule has 1 aliphatic heterocycles. The molecule has 8 heteroatoms. The summed E-state index contributed by atoms with van der Waals surface area (Å²) in [5.74, 6) is -0.695. The highest BCUT2D eigenvalue weighted by Gasteiger charge is 2.43. The van der Waals surface area contributed by atoms with Crippen LogP contribution in [0.25, 0.3) is 0 Å². The molecule has 128 valence electrons. The maximum Gasteiger partial charge on any atom is 0.323 e. The molecular formula is C15H21NO7. The molecule has 0 saturated carbocycles. The highest BCUT2D eigenvalue weighted by Crippen LogP contribution is 2.20. The lowest BCUT2D eigenvalue weighted by molar-refractivity contribution is -0.287. The summed E-state index contributed by atoms with van der Waals surface area (Å²) in [5.41, 5.74) is 6.63. The van der Waals surface area contributed by atoms with Crippen LogP contribution in [0.2, 0.25) is 0 Å². The standard InChI is InChI=1S/C15H21NO7/c16-9(6-8-4-2-1-3-5-8)14(20)22-7-10-11(17)12(18)13(19)15(21)23-10/h1-5,9-13,15,17-19,21H,6-7,16H2/t9-,10-,11+,12+,13-,15+/m1/s1. The zero-order valence-corrected chi connectivity index (χ0v) is 12.4. The van der Waals surface area contributed by atoms with Gasteiger partial charge in [-0.2, -0.15) is 0 Å². The predicted octanol–water partition coefficient (Wildman–Crippen LogP) is -2.10. The molecule has 1 aromatic carbocycles. The zero-order valence-electron chi connectivity index (χ0n) is 12.4. The summed E-state index contributed by atoms with van der Waals surface area (Å²) in [5, 5.41) is 38.0. The summed E-state index contributed by atoms with van der Waals surface area (Å²) in [6, 6.07) is 8.27. The van der Waals surface area contributed by atoms with Gasteiger partial charge in [-0.1, -0.05) is 30.3 Å². The first-order valence-electron chi connectivity index (χ1n) is 7.24. The quantitative estimate of drug-likeness (QED) is 0.387. The van der Waals surface area contributed by atoms with Crippen LogP contribution in [0.5, 0.6) is 0 Å². The number of carbonyl (C=O) groups excluding carboxylic acids is 1. The Morgan fingerprint density at radius 2 is 1.78 bits per heavy atom. The fourth-order valence-electron chi connectivity index (χ4n) is 2.29. The van der Waals surface area contributed by atoms with Gasteiger partial charge in [-0.05, 0) is 12.0 Å². The minimum Gasteiger partial charge on any atom is -0.462 e. The third-order valence-electron chi connectivity index (χ3n) is 3.68. The maximum absolute atomic E-state index is 11.9. The van der Waals surface area contributed by atoms with Crippen LogP contribution in [0.15, 0.2) is 30.3 Å². The van der Waals surface area contributed by atoms with E-state index in [0.29, 0.717) is 0 Å². The molecule has 8 nitrogen and oxygen atoms in total. The molecule has 0 radical (unpaired) electrons. The number of ether oxygens (including phenoxy) is 2. The summed E-state index contributed by atoms with van der Waals surface area (Å²) < 4.78 is 9.87. The van der Waals surface area contributed by atoms with Crippen LogP contribution in [0.1, 0.15) is 5.56 Å². The van der Waals surface area contributed by atoms with E-state index in [1.165, 1.54) is 0 Å². The molecule has 0 unspecified atom stereocenters. The fraction of sp³-hybridized carbons (Fsp3) is 0.533. The van der Waals surface area contributed by atoms with Crippen LogP contribution in [-0.2, 0) is 20.7 Å². The van der Waals surface area contributed by atoms with Gasteiger partial charge in [0.1, 0.15) is 37.1 Å². The van der Waals surface area contributed by atoms with Crippen LogP contribution in [-0.4, -0.2) is 69.8 Å². The summed E-state index contributed by atoms with van der Waals surface area (Å²) in [7, 11) is 0. The third-order valence-corrected chi connectivity index (χ3v) is 3.68. The van der Waals surface area contributed by atoms with Gasteiger partial charge in [0.05, 0.1) is 0 Å². The fourth-order valence-corrected chi connectivity index (χ4v) is 2.29. The molecule has 6 N–H and O–H groups in total. The molecule has 0 aromatic heterocycles. The lowest BCUT2D eigenvalue weighted by Gasteiger charge is -2.37. The molecule has 6 atom stereocenters. The molecule has 1 aromatic rings. The van der Waals surface area contributed by atoms with Crippen molar-refractivity contribution in [1.29, 1.82) is 0 Å². The van der Waals surface area contributed by atoms with Crippen LogP contribution in [0.4, 0.5) is 0 Å². The van der Waals surface area contributed by atoms with Crippen molar-refractivity contribution in [2.24, 2.45) is 5.73 Å². The zero-order chi connectivity index (χ0) is 17.0. The van der Waals surface area contributed by atoms with Crippen molar-refractivity contribution in [3.63, 3.8) is 0 Å². The van der Waals surface area contributed by atoms with E-state index >= 15 is 0 Å². The Balaban J connectivity index is 1.84. The molecule has 1 heterocycles. The van der Waals surface area contributed by atoms with Gasteiger partial charge in [-0.3, -0.25) is 4.79 Å². The van der Waals surface area contributed by atoms with Gasteiger partial charge in [-0.15, -0.1) is 0 Å². The molecule has 1 aliphatic rings. The Morgan fingerprint density at radius 3 is 2.43 bits per heavy atom. The number of carbonyl (C=O) groups is 1. The molecular weight excluding hydrogens is 306 g/mol. The highest BCUT2D eigenvalue weighted by atomic mass is 16.6. The van der Waals surface area contributed by atoms with Gasteiger partial charge in [0.25, 0.3) is 0 Å². The topological polar surface area (TPSA) is 142 Å². The van der Waals surface area contributed by atoms with Gasteiger partial charge >= 0.3 is 5.97 Å². The number of benzene rings is 1. The van der Waals surface area contributed by atoms with E-state index in [9.17, 15) is 25.2 Å². The summed E-state index contributed by atoms with van der Waals surface area (Å²) in [4.78, 5) is 11.9. The van der Waals surface area contributed by atoms with Crippen molar-refractivity contribution >= 4 is 5.97 Å². The number of hydrogen-bond donors (Lipinski definition) is 5. The van der Waals surface area contributed by atoms with E-state index in [1.54, 1.807) is 0 Å². The first kappa shape index (κ1) is 17.8. The van der Waals surface area contributed by atoms with Gasteiger partial charge in [0.15, 0.2) is 6.29 Å². The smallest absolute Gasteiger partial charge is 0.323 e. The van der Waals surface area contributed by atoms with Crippen molar-refractivity contribution in [2.45, 2.75) is 43.2 Å². The second kappa shape index (κ2) is 7.82. The Morgan fingerprint density at radius 1 is 1.13 bits per heavy atom. The van der Waals surface area contributed by atoms with Gasteiger partial charge < -0.3 is 35.6 Å². The summed E-state index contributed by atoms with van der Waals surface area (Å²) in [6.45, 7) is -0.399. The van der Waals surface area contributed by atoms with Crippen LogP contribution >= 0.6 is 0 Å². The van der Waals surface area contributed by atoms with Crippen LogP contribution in [0, 0.1) is 0 Å². The molecule has 0 spiro atoms. The lowest BCUT2D eigenvalue weighted by Crippen LogP contribution is -2.58. The monoisotopic (exact) mass is 327 g/mol. The Bertz CT molecular complexity index is 512. The highest BCUT2D eigenvalue weighted by molar-refractivity contribution is 5.75. The molecule has 23 heavy (non-hydrogen) atoms. The lowest BCUT2D eigenvalue weighted by atomic mass is 9.99. The van der Waals surface area contributed by atoms with Crippen LogP contribution in [0.3, 0.4) is 0 Å².